The Morgan fingerprint density at radius 1 is 1.56 bits per heavy atom. The van der Waals surface area contributed by atoms with Crippen LogP contribution in [0.2, 0.25) is 0 Å². The Balaban J connectivity index is 2.25. The van der Waals surface area contributed by atoms with Gasteiger partial charge in [-0.25, -0.2) is 5.84 Å². The molecule has 0 radical (unpaired) electrons. The van der Waals surface area contributed by atoms with Gasteiger partial charge >= 0.3 is 0 Å². The maximum absolute atomic E-state index is 10.2. The van der Waals surface area contributed by atoms with Crippen LogP contribution in [-0.4, -0.2) is 15.7 Å². The highest BCUT2D eigenvalue weighted by Crippen LogP contribution is 2.40. The Kier molecular flexibility index (Phi) is 3.23. The van der Waals surface area contributed by atoms with Crippen LogP contribution in [0.1, 0.15) is 19.3 Å². The Morgan fingerprint density at radius 3 is 2.69 bits per heavy atom. The fraction of sp³-hybridized carbons (Fsp3) is 0.333. The Morgan fingerprint density at radius 2 is 2.25 bits per heavy atom. The van der Waals surface area contributed by atoms with E-state index in [4.69, 9.17) is 5.84 Å². The molecule has 3 N–H and O–H groups in total. The van der Waals surface area contributed by atoms with E-state index in [9.17, 15) is 5.11 Å². The van der Waals surface area contributed by atoms with Gasteiger partial charge in [0.2, 0.25) is 0 Å². The van der Waals surface area contributed by atoms with Crippen LogP contribution in [0.3, 0.4) is 0 Å². The number of nitrogens with zero attached hydrogens (tertiary/aromatic N) is 1. The first-order valence-corrected chi connectivity index (χ1v) is 6.33. The van der Waals surface area contributed by atoms with E-state index in [0.717, 1.165) is 34.1 Å². The summed E-state index contributed by atoms with van der Waals surface area (Å²) >= 11 is 2.19. The average Bonchev–Trinajstić information content (AvgIpc) is 2.24. The zero-order valence-electron chi connectivity index (χ0n) is 8.99. The van der Waals surface area contributed by atoms with E-state index in [0.29, 0.717) is 0 Å². The van der Waals surface area contributed by atoms with Crippen LogP contribution in [0.5, 0.6) is 0 Å². The number of halogens is 1. The van der Waals surface area contributed by atoms with Gasteiger partial charge in [0.25, 0.3) is 0 Å². The van der Waals surface area contributed by atoms with Crippen LogP contribution in [0.4, 0.5) is 0 Å². The van der Waals surface area contributed by atoms with Crippen LogP contribution in [0.25, 0.3) is 0 Å². The van der Waals surface area contributed by atoms with Crippen molar-refractivity contribution in [1.82, 2.24) is 5.01 Å². The lowest BCUT2D eigenvalue weighted by Gasteiger charge is -2.39. The number of aliphatic hydroxyl groups is 1. The van der Waals surface area contributed by atoms with Crippen molar-refractivity contribution in [2.75, 3.05) is 0 Å². The molecule has 1 saturated carbocycles. The van der Waals surface area contributed by atoms with E-state index >= 15 is 0 Å². The first kappa shape index (κ1) is 11.9. The van der Waals surface area contributed by atoms with Gasteiger partial charge in [-0.2, -0.15) is 0 Å². The summed E-state index contributed by atoms with van der Waals surface area (Å²) in [5.74, 6) is 5.91. The van der Waals surface area contributed by atoms with Crippen molar-refractivity contribution in [3.8, 4) is 0 Å². The van der Waals surface area contributed by atoms with Gasteiger partial charge < -0.3 is 5.11 Å². The summed E-state index contributed by atoms with van der Waals surface area (Å²) in [4.78, 5) is 0. The summed E-state index contributed by atoms with van der Waals surface area (Å²) in [7, 11) is 0. The Labute approximate surface area is 109 Å². The van der Waals surface area contributed by atoms with E-state index in [2.05, 4.69) is 29.2 Å². The number of hydrazine groups is 1. The molecule has 0 aromatic heterocycles. The third-order valence-corrected chi connectivity index (χ3v) is 4.11. The normalized spacial score (nSPS) is 25.9. The molecule has 3 nitrogen and oxygen atoms in total. The maximum Gasteiger partial charge on any atom is 0.0911 e. The average molecular weight is 330 g/mol. The molecule has 0 unspecified atom stereocenters. The molecular formula is C12H15IN2O. The molecule has 2 aliphatic rings. The quantitative estimate of drug-likeness (QED) is 0.604. The third-order valence-electron chi connectivity index (χ3n) is 3.12. The van der Waals surface area contributed by atoms with Gasteiger partial charge in [0.15, 0.2) is 0 Å². The summed E-state index contributed by atoms with van der Waals surface area (Å²) < 4.78 is 0.993. The van der Waals surface area contributed by atoms with E-state index in [1.54, 1.807) is 17.3 Å². The van der Waals surface area contributed by atoms with Gasteiger partial charge in [0.1, 0.15) is 0 Å². The van der Waals surface area contributed by atoms with Crippen LogP contribution in [0.15, 0.2) is 45.9 Å². The molecule has 4 heteroatoms. The second kappa shape index (κ2) is 4.35. The third kappa shape index (κ3) is 1.97. The van der Waals surface area contributed by atoms with Crippen molar-refractivity contribution in [3.05, 3.63) is 45.9 Å². The maximum atomic E-state index is 10.2. The molecule has 0 atom stereocenters. The van der Waals surface area contributed by atoms with E-state index in [-0.39, 0.29) is 0 Å². The minimum absolute atomic E-state index is 0.654. The fourth-order valence-corrected chi connectivity index (χ4v) is 2.36. The molecule has 86 valence electrons. The molecule has 1 aliphatic heterocycles. The van der Waals surface area contributed by atoms with Gasteiger partial charge in [-0.3, -0.25) is 5.01 Å². The molecule has 0 bridgehead atoms. The van der Waals surface area contributed by atoms with Crippen molar-refractivity contribution in [2.24, 2.45) is 5.84 Å². The molecule has 2 rings (SSSR count). The summed E-state index contributed by atoms with van der Waals surface area (Å²) in [6, 6.07) is 0. The van der Waals surface area contributed by atoms with Gasteiger partial charge in [0, 0.05) is 15.4 Å². The van der Waals surface area contributed by atoms with Crippen molar-refractivity contribution >= 4 is 22.6 Å². The van der Waals surface area contributed by atoms with E-state index in [1.807, 2.05) is 12.2 Å². The SMILES string of the molecule is C=C/C(I)=C1/C=CC(C2(O)CCC2)=CN1N. The molecule has 0 amide bonds. The van der Waals surface area contributed by atoms with Crippen LogP contribution in [-0.2, 0) is 0 Å². The van der Waals surface area contributed by atoms with Gasteiger partial charge in [-0.15, -0.1) is 0 Å². The largest absolute Gasteiger partial charge is 0.385 e. The Bertz CT molecular complexity index is 405. The highest BCUT2D eigenvalue weighted by molar-refractivity contribution is 14.1. The predicted molar refractivity (Wildman–Crippen MR) is 73.3 cm³/mol. The first-order valence-electron chi connectivity index (χ1n) is 5.26. The lowest BCUT2D eigenvalue weighted by molar-refractivity contribution is 0.00443. The zero-order valence-corrected chi connectivity index (χ0v) is 11.1. The standard InChI is InChI=1S/C12H15IN2O/c1-2-10(13)11-5-4-9(8-15(11)14)12(16)6-3-7-12/h2,4-5,8,16H,1,3,6-7,14H2/b11-10+. The van der Waals surface area contributed by atoms with E-state index in [1.165, 1.54) is 0 Å². The summed E-state index contributed by atoms with van der Waals surface area (Å²) in [5.41, 5.74) is 1.15. The molecule has 0 saturated heterocycles. The number of allylic oxidation sites excluding steroid dienone is 3. The Hall–Kier alpha value is -0.590. The summed E-state index contributed by atoms with van der Waals surface area (Å²) in [5, 5.41) is 11.7. The number of rotatable bonds is 2. The topological polar surface area (TPSA) is 49.5 Å². The van der Waals surface area contributed by atoms with Crippen LogP contribution < -0.4 is 5.84 Å². The number of hydrogen-bond acceptors (Lipinski definition) is 3. The zero-order chi connectivity index (χ0) is 11.8. The molecule has 0 aromatic rings. The molecule has 0 spiro atoms. The van der Waals surface area contributed by atoms with Gasteiger partial charge in [0.05, 0.1) is 11.3 Å². The summed E-state index contributed by atoms with van der Waals surface area (Å²) in [6.45, 7) is 3.71. The second-order valence-corrected chi connectivity index (χ2v) is 5.31. The van der Waals surface area contributed by atoms with Crippen LogP contribution >= 0.6 is 22.6 Å². The van der Waals surface area contributed by atoms with Crippen molar-refractivity contribution < 1.29 is 5.11 Å². The highest BCUT2D eigenvalue weighted by Gasteiger charge is 2.38. The number of nitrogens with two attached hydrogens (primary N) is 1. The van der Waals surface area contributed by atoms with Crippen LogP contribution in [0, 0.1) is 0 Å². The lowest BCUT2D eigenvalue weighted by Crippen LogP contribution is -2.40. The molecule has 1 heterocycles. The molecule has 1 aliphatic carbocycles. The minimum atomic E-state index is -0.654. The lowest BCUT2D eigenvalue weighted by atomic mass is 9.74. The summed E-state index contributed by atoms with van der Waals surface area (Å²) in [6.07, 6.45) is 10.2. The second-order valence-electron chi connectivity index (χ2n) is 4.15. The molecule has 0 aromatic carbocycles. The monoisotopic (exact) mass is 330 g/mol. The minimum Gasteiger partial charge on any atom is -0.385 e. The van der Waals surface area contributed by atoms with Crippen molar-refractivity contribution in [1.29, 1.82) is 0 Å². The van der Waals surface area contributed by atoms with Gasteiger partial charge in [-0.1, -0.05) is 18.7 Å². The molecular weight excluding hydrogens is 315 g/mol. The molecule has 16 heavy (non-hydrogen) atoms. The van der Waals surface area contributed by atoms with E-state index < -0.39 is 5.60 Å². The predicted octanol–water partition coefficient (Wildman–Crippen LogP) is 2.36. The van der Waals surface area contributed by atoms with Crippen molar-refractivity contribution in [2.45, 2.75) is 24.9 Å². The smallest absolute Gasteiger partial charge is 0.0911 e. The highest BCUT2D eigenvalue weighted by atomic mass is 127. The molecule has 1 fully saturated rings. The van der Waals surface area contributed by atoms with Gasteiger partial charge in [-0.05, 0) is 47.9 Å². The number of hydrogen-bond donors (Lipinski definition) is 2. The first-order chi connectivity index (χ1) is 7.57. The fourth-order valence-electron chi connectivity index (χ4n) is 1.90. The van der Waals surface area contributed by atoms with Crippen molar-refractivity contribution in [3.63, 3.8) is 0 Å².